The predicted octanol–water partition coefficient (Wildman–Crippen LogP) is 4.55. The summed E-state index contributed by atoms with van der Waals surface area (Å²) in [5.41, 5.74) is 7.56. The zero-order valence-corrected chi connectivity index (χ0v) is 28.9. The number of nitrogens with one attached hydrogen (secondary N) is 4. The summed E-state index contributed by atoms with van der Waals surface area (Å²) in [7, 11) is 0. The molecule has 0 radical (unpaired) electrons. The molecule has 0 spiro atoms. The van der Waals surface area contributed by atoms with Crippen LogP contribution >= 0.6 is 0 Å². The Morgan fingerprint density at radius 2 is 0.977 bits per heavy atom. The Morgan fingerprint density at radius 1 is 0.659 bits per heavy atom. The Hall–Kier alpha value is -3.95. The van der Waals surface area contributed by atoms with Crippen molar-refractivity contribution >= 4 is 42.0 Å². The first-order chi connectivity index (χ1) is 19.5. The van der Waals surface area contributed by atoms with E-state index in [1.54, 1.807) is 83.1 Å². The summed E-state index contributed by atoms with van der Waals surface area (Å²) in [5.74, 6) is 0.260. The van der Waals surface area contributed by atoms with E-state index in [1.165, 1.54) is 13.8 Å². The molecule has 0 heterocycles. The first-order valence-electron chi connectivity index (χ1n) is 13.9. The lowest BCUT2D eigenvalue weighted by Gasteiger charge is -2.22. The van der Waals surface area contributed by atoms with Crippen LogP contribution in [0.5, 0.6) is 0 Å². The van der Waals surface area contributed by atoms with Crippen molar-refractivity contribution in [1.29, 1.82) is 5.41 Å². The maximum absolute atomic E-state index is 11.7. The van der Waals surface area contributed by atoms with Gasteiger partial charge in [0, 0.05) is 6.54 Å². The van der Waals surface area contributed by atoms with Crippen LogP contribution in [0.15, 0.2) is 9.98 Å². The van der Waals surface area contributed by atoms with Gasteiger partial charge in [0.15, 0.2) is 0 Å². The highest BCUT2D eigenvalue weighted by Gasteiger charge is 2.21. The number of rotatable bonds is 3. The number of nitrogens with zero attached hydrogens (tertiary/aromatic N) is 2. The standard InChI is InChI=1S/C14H28N4O4.C12H22N2O4.C2H6N2/c1-13(2,3)21-11(19)17-10(16-9-7-8-15)18-12(20)22-14(4,5)6;1-8(13-9(15)17-11(2,3)4)14-10(16)18-12(5,6)7;1-2(3)4/h7-9,15H2,1-6H3,(H2,16,17,18,19,20);1-7H3,(H,13,14,15,16);1H3,(H3,3,4). The predicted molar refractivity (Wildman–Crippen MR) is 171 cm³/mol. The quantitative estimate of drug-likeness (QED) is 0.110. The summed E-state index contributed by atoms with van der Waals surface area (Å²) in [6.07, 6.45) is -2.22. The van der Waals surface area contributed by atoms with Gasteiger partial charge >= 0.3 is 24.4 Å². The second-order valence-corrected chi connectivity index (χ2v) is 13.1. The number of ether oxygens (including phenoxy) is 4. The molecule has 256 valence electrons. The minimum atomic E-state index is -0.754. The number of alkyl carbamates (subject to hydrolysis) is 3. The molecule has 44 heavy (non-hydrogen) atoms. The van der Waals surface area contributed by atoms with Crippen LogP contribution in [0, 0.1) is 5.41 Å². The first kappa shape index (κ1) is 44.5. The Morgan fingerprint density at radius 3 is 1.27 bits per heavy atom. The third kappa shape index (κ3) is 38.0. The van der Waals surface area contributed by atoms with Gasteiger partial charge in [-0.15, -0.1) is 0 Å². The molecule has 0 aromatic carbocycles. The van der Waals surface area contributed by atoms with Crippen molar-refractivity contribution in [3.8, 4) is 0 Å². The van der Waals surface area contributed by atoms with E-state index in [2.05, 4.69) is 25.9 Å². The van der Waals surface area contributed by atoms with E-state index >= 15 is 0 Å². The van der Waals surface area contributed by atoms with Crippen LogP contribution in [0.25, 0.3) is 0 Å². The number of hydrogen-bond acceptors (Lipinski definition) is 11. The summed E-state index contributed by atoms with van der Waals surface area (Å²) in [4.78, 5) is 53.8. The summed E-state index contributed by atoms with van der Waals surface area (Å²) in [6, 6.07) is 0. The number of amides is 4. The molecule has 0 aliphatic heterocycles. The maximum Gasteiger partial charge on any atom is 0.435 e. The number of hydrogen-bond donors (Lipinski definition) is 6. The van der Waals surface area contributed by atoms with Crippen LogP contribution in [-0.2, 0) is 18.9 Å². The molecule has 0 saturated carbocycles. The Bertz CT molecular complexity index is 963. The molecule has 4 amide bonds. The smallest absolute Gasteiger partial charge is 0.435 e. The molecule has 0 unspecified atom stereocenters. The lowest BCUT2D eigenvalue weighted by Crippen LogP contribution is -2.47. The second kappa shape index (κ2) is 20.1. The van der Waals surface area contributed by atoms with E-state index in [9.17, 15) is 19.2 Å². The molecule has 16 nitrogen and oxygen atoms in total. The second-order valence-electron chi connectivity index (χ2n) is 13.1. The fourth-order valence-corrected chi connectivity index (χ4v) is 2.09. The van der Waals surface area contributed by atoms with Crippen LogP contribution in [0.1, 0.15) is 103 Å². The molecular weight excluding hydrogens is 576 g/mol. The average molecular weight is 633 g/mol. The molecule has 0 bridgehead atoms. The van der Waals surface area contributed by atoms with Crippen LogP contribution in [-0.4, -0.2) is 77.5 Å². The van der Waals surface area contributed by atoms with Crippen molar-refractivity contribution in [1.82, 2.24) is 16.0 Å². The van der Waals surface area contributed by atoms with E-state index < -0.39 is 46.8 Å². The number of guanidine groups is 1. The summed E-state index contributed by atoms with van der Waals surface area (Å²) < 4.78 is 20.2. The van der Waals surface area contributed by atoms with Crippen molar-refractivity contribution in [3.63, 3.8) is 0 Å². The van der Waals surface area contributed by atoms with Gasteiger partial charge in [0.2, 0.25) is 5.96 Å². The highest BCUT2D eigenvalue weighted by molar-refractivity contribution is 6.01. The molecule has 0 fully saturated rings. The van der Waals surface area contributed by atoms with Crippen molar-refractivity contribution < 1.29 is 38.1 Å². The topological polar surface area (TPSA) is 242 Å². The molecule has 0 aromatic heterocycles. The number of aliphatic imine (C=N–C) groups is 2. The monoisotopic (exact) mass is 632 g/mol. The average Bonchev–Trinajstić information content (AvgIpc) is 2.67. The normalized spacial score (nSPS) is 11.6. The van der Waals surface area contributed by atoms with Crippen LogP contribution in [0.2, 0.25) is 0 Å². The summed E-state index contributed by atoms with van der Waals surface area (Å²) >= 11 is 0. The van der Waals surface area contributed by atoms with Gasteiger partial charge in [-0.05, 0) is 110 Å². The van der Waals surface area contributed by atoms with E-state index in [0.29, 0.717) is 19.5 Å². The largest absolute Gasteiger partial charge is 0.444 e. The van der Waals surface area contributed by atoms with Gasteiger partial charge in [0.25, 0.3) is 0 Å². The van der Waals surface area contributed by atoms with Crippen molar-refractivity contribution in [2.75, 3.05) is 13.1 Å². The first-order valence-corrected chi connectivity index (χ1v) is 13.9. The molecule has 16 heteroatoms. The van der Waals surface area contributed by atoms with Crippen LogP contribution in [0.4, 0.5) is 19.2 Å². The SMILES string of the molecule is CC(=N)N.CC(=NC(=O)OC(C)(C)C)NC(=O)OC(C)(C)C.CC(C)(C)OC(=O)NC(=NCCCN)NC(=O)OC(C)(C)C. The van der Waals surface area contributed by atoms with Crippen LogP contribution < -0.4 is 27.4 Å². The van der Waals surface area contributed by atoms with Crippen molar-refractivity contribution in [2.45, 2.75) is 126 Å². The van der Waals surface area contributed by atoms with E-state index in [1.807, 2.05) is 0 Å². The Labute approximate surface area is 262 Å². The lowest BCUT2D eigenvalue weighted by molar-refractivity contribution is 0.0530. The van der Waals surface area contributed by atoms with Crippen LogP contribution in [0.3, 0.4) is 0 Å². The van der Waals surface area contributed by atoms with Gasteiger partial charge in [0.1, 0.15) is 28.2 Å². The molecule has 0 rings (SSSR count). The molecule has 0 aromatic rings. The number of carbonyl (C=O) groups is 4. The fourth-order valence-electron chi connectivity index (χ4n) is 2.09. The van der Waals surface area contributed by atoms with Gasteiger partial charge in [-0.3, -0.25) is 26.4 Å². The molecule has 0 atom stereocenters. The molecule has 0 aliphatic rings. The van der Waals surface area contributed by atoms with Crippen molar-refractivity contribution in [2.24, 2.45) is 21.5 Å². The maximum atomic E-state index is 11.7. The van der Waals surface area contributed by atoms with Gasteiger partial charge in [-0.25, -0.2) is 19.2 Å². The summed E-state index contributed by atoms with van der Waals surface area (Å²) in [5, 5.41) is 13.4. The Kier molecular flexibility index (Phi) is 20.3. The highest BCUT2D eigenvalue weighted by Crippen LogP contribution is 2.09. The summed E-state index contributed by atoms with van der Waals surface area (Å²) in [6.45, 7) is 24.7. The minimum absolute atomic E-state index is 0.0306. The van der Waals surface area contributed by atoms with E-state index in [4.69, 9.17) is 35.8 Å². The Balaban J connectivity index is -0.000000690. The van der Waals surface area contributed by atoms with E-state index in [0.717, 1.165) is 0 Å². The third-order valence-electron chi connectivity index (χ3n) is 3.21. The number of nitrogens with two attached hydrogens (primary N) is 2. The fraction of sp³-hybridized carbons (Fsp3) is 0.750. The molecular formula is C28H56N8O8. The van der Waals surface area contributed by atoms with Crippen molar-refractivity contribution in [3.05, 3.63) is 0 Å². The van der Waals surface area contributed by atoms with E-state index in [-0.39, 0.29) is 17.6 Å². The molecule has 0 aliphatic carbocycles. The number of carbonyl (C=O) groups excluding carboxylic acids is 4. The van der Waals surface area contributed by atoms with Gasteiger partial charge in [-0.2, -0.15) is 4.99 Å². The van der Waals surface area contributed by atoms with Gasteiger partial charge in [0.05, 0.1) is 5.84 Å². The zero-order valence-electron chi connectivity index (χ0n) is 28.9. The zero-order chi connectivity index (χ0) is 35.5. The minimum Gasteiger partial charge on any atom is -0.444 e. The molecule has 8 N–H and O–H groups in total. The number of amidine groups is 2. The lowest BCUT2D eigenvalue weighted by atomic mass is 10.2. The molecule has 0 saturated heterocycles. The van der Waals surface area contributed by atoms with Gasteiger partial charge < -0.3 is 30.4 Å². The highest BCUT2D eigenvalue weighted by atomic mass is 16.6. The third-order valence-corrected chi connectivity index (χ3v) is 3.21. The van der Waals surface area contributed by atoms with Gasteiger partial charge in [-0.1, -0.05) is 0 Å².